The Labute approximate surface area is 350 Å². The van der Waals surface area contributed by atoms with Crippen LogP contribution in [-0.2, 0) is 0 Å². The maximum atomic E-state index is 5.45. The third-order valence-electron chi connectivity index (χ3n) is 10.9. The Hall–Kier alpha value is -8.02. The number of hydrogen-bond acceptors (Lipinski definition) is 5. The number of aromatic nitrogens is 2. The maximum Gasteiger partial charge on any atom is 0.169 e. The molecule has 0 fully saturated rings. The summed E-state index contributed by atoms with van der Waals surface area (Å²) in [6.45, 7) is 0. The van der Waals surface area contributed by atoms with Crippen LogP contribution in [0, 0.1) is 0 Å². The second-order valence-electron chi connectivity index (χ2n) is 14.8. The molecule has 1 aliphatic heterocycles. The molecule has 10 rings (SSSR count). The molecule has 3 heterocycles. The van der Waals surface area contributed by atoms with Crippen LogP contribution in [0.5, 0.6) is 0 Å². The molecule has 0 amide bonds. The molecular weight excluding hydrogens is 731 g/mol. The average Bonchev–Trinajstić information content (AvgIpc) is 3.35. The van der Waals surface area contributed by atoms with Crippen LogP contribution in [0.25, 0.3) is 66.8 Å². The van der Waals surface area contributed by atoms with Gasteiger partial charge in [0, 0.05) is 35.9 Å². The van der Waals surface area contributed by atoms with Crippen LogP contribution in [0.3, 0.4) is 0 Å². The van der Waals surface area contributed by atoms with E-state index in [2.05, 4.69) is 173 Å². The quantitative estimate of drug-likeness (QED) is 0.159. The van der Waals surface area contributed by atoms with Crippen LogP contribution in [0.15, 0.2) is 235 Å². The van der Waals surface area contributed by atoms with Crippen LogP contribution in [0.1, 0.15) is 22.9 Å². The van der Waals surface area contributed by atoms with Crippen molar-refractivity contribution in [2.75, 3.05) is 0 Å². The topological polar surface area (TPSA) is 62.5 Å². The Morgan fingerprint density at radius 3 is 0.983 bits per heavy atom. The SMILES string of the molecule is c1ccc(C2=NC(c3cc(-c4ccccc4)cc(-c4ccc(-c5ccncc5)cc4)c3)N=C(c3cc(-c4ccccc4)cc(-c4ccc(-c5ccncc5)cc4)c3)N2)cc1. The molecule has 0 spiro atoms. The molecule has 1 atom stereocenters. The van der Waals surface area contributed by atoms with E-state index < -0.39 is 6.17 Å². The summed E-state index contributed by atoms with van der Waals surface area (Å²) < 4.78 is 0. The number of hydrogen-bond donors (Lipinski definition) is 1. The highest BCUT2D eigenvalue weighted by atomic mass is 15.2. The molecule has 2 aromatic heterocycles. The van der Waals surface area contributed by atoms with E-state index in [1.165, 1.54) is 0 Å². The molecule has 0 aliphatic carbocycles. The van der Waals surface area contributed by atoms with Crippen molar-refractivity contribution in [1.29, 1.82) is 0 Å². The minimum Gasteiger partial charge on any atom is -0.324 e. The predicted molar refractivity (Wildman–Crippen MR) is 246 cm³/mol. The first-order valence-corrected chi connectivity index (χ1v) is 20.1. The molecule has 9 aromatic rings. The molecule has 0 saturated carbocycles. The number of amidine groups is 2. The van der Waals surface area contributed by atoms with Crippen LogP contribution in [-0.4, -0.2) is 21.6 Å². The Kier molecular flexibility index (Phi) is 9.96. The molecule has 1 unspecified atom stereocenters. The standard InChI is InChI=1S/C55H39N5/c1-4-10-38(11-5-1)47-32-49(42-20-16-40(17-21-42)44-24-28-56-29-25-44)36-51(34-47)54-58-53(46-14-8-3-9-15-46)59-55(60-54)52-35-48(39-12-6-2-7-13-39)33-50(37-52)43-22-18-41(19-23-43)45-26-30-57-31-27-45/h1-37,54H,(H,58,59,60). The fourth-order valence-electron chi connectivity index (χ4n) is 7.78. The summed E-state index contributed by atoms with van der Waals surface area (Å²) in [7, 11) is 0. The summed E-state index contributed by atoms with van der Waals surface area (Å²) in [6.07, 6.45) is 6.81. The van der Waals surface area contributed by atoms with Gasteiger partial charge in [-0.3, -0.25) is 9.97 Å². The van der Waals surface area contributed by atoms with Crippen LogP contribution in [0.4, 0.5) is 0 Å². The van der Waals surface area contributed by atoms with Crippen molar-refractivity contribution < 1.29 is 0 Å². The van der Waals surface area contributed by atoms with Gasteiger partial charge in [-0.05, 0) is 133 Å². The van der Waals surface area contributed by atoms with Gasteiger partial charge < -0.3 is 5.32 Å². The number of aliphatic imine (C=N–C) groups is 2. The largest absolute Gasteiger partial charge is 0.324 e. The van der Waals surface area contributed by atoms with Crippen LogP contribution in [0.2, 0.25) is 0 Å². The zero-order chi connectivity index (χ0) is 40.1. The molecule has 60 heavy (non-hydrogen) atoms. The lowest BCUT2D eigenvalue weighted by molar-refractivity contribution is 0.756. The summed E-state index contributed by atoms with van der Waals surface area (Å²) >= 11 is 0. The van der Waals surface area contributed by atoms with E-state index in [-0.39, 0.29) is 0 Å². The number of pyridine rings is 2. The van der Waals surface area contributed by atoms with Crippen molar-refractivity contribution in [1.82, 2.24) is 15.3 Å². The van der Waals surface area contributed by atoms with E-state index in [1.54, 1.807) is 0 Å². The van der Waals surface area contributed by atoms with Gasteiger partial charge in [0.1, 0.15) is 11.7 Å². The summed E-state index contributed by atoms with van der Waals surface area (Å²) in [4.78, 5) is 19.2. The smallest absolute Gasteiger partial charge is 0.169 e. The van der Waals surface area contributed by atoms with Gasteiger partial charge in [-0.2, -0.15) is 0 Å². The normalized spacial score (nSPS) is 13.5. The minimum atomic E-state index is -0.515. The number of benzene rings is 7. The third kappa shape index (κ3) is 7.80. The molecule has 5 heteroatoms. The number of rotatable bonds is 9. The molecule has 0 radical (unpaired) electrons. The Morgan fingerprint density at radius 1 is 0.267 bits per heavy atom. The zero-order valence-corrected chi connectivity index (χ0v) is 32.7. The molecule has 1 aliphatic rings. The fraction of sp³-hybridized carbons (Fsp3) is 0.0182. The third-order valence-corrected chi connectivity index (χ3v) is 10.9. The van der Waals surface area contributed by atoms with Gasteiger partial charge in [0.15, 0.2) is 6.17 Å². The lowest BCUT2D eigenvalue weighted by Crippen LogP contribution is -2.36. The molecule has 0 bridgehead atoms. The molecule has 1 N–H and O–H groups in total. The van der Waals surface area contributed by atoms with Gasteiger partial charge >= 0.3 is 0 Å². The maximum absolute atomic E-state index is 5.45. The predicted octanol–water partition coefficient (Wildman–Crippen LogP) is 13.0. The van der Waals surface area contributed by atoms with E-state index in [1.807, 2.05) is 67.3 Å². The van der Waals surface area contributed by atoms with Gasteiger partial charge in [-0.25, -0.2) is 9.98 Å². The lowest BCUT2D eigenvalue weighted by Gasteiger charge is -2.24. The van der Waals surface area contributed by atoms with Crippen molar-refractivity contribution in [3.63, 3.8) is 0 Å². The molecule has 0 saturated heterocycles. The highest BCUT2D eigenvalue weighted by Gasteiger charge is 2.23. The molecule has 5 nitrogen and oxygen atoms in total. The van der Waals surface area contributed by atoms with E-state index in [4.69, 9.17) is 9.98 Å². The highest BCUT2D eigenvalue weighted by molar-refractivity contribution is 6.16. The van der Waals surface area contributed by atoms with Gasteiger partial charge in [-0.1, -0.05) is 140 Å². The Morgan fingerprint density at radius 2 is 0.567 bits per heavy atom. The average molecular weight is 770 g/mol. The van der Waals surface area contributed by atoms with Gasteiger partial charge in [0.2, 0.25) is 0 Å². The first kappa shape index (κ1) is 36.3. The second kappa shape index (κ2) is 16.5. The van der Waals surface area contributed by atoms with Crippen molar-refractivity contribution in [2.45, 2.75) is 6.17 Å². The second-order valence-corrected chi connectivity index (χ2v) is 14.8. The number of nitrogens with zero attached hydrogens (tertiary/aromatic N) is 4. The van der Waals surface area contributed by atoms with Crippen molar-refractivity contribution >= 4 is 11.7 Å². The molecule has 7 aromatic carbocycles. The van der Waals surface area contributed by atoms with Crippen molar-refractivity contribution in [2.24, 2.45) is 9.98 Å². The van der Waals surface area contributed by atoms with E-state index >= 15 is 0 Å². The van der Waals surface area contributed by atoms with E-state index in [0.717, 1.165) is 95.1 Å². The minimum absolute atomic E-state index is 0.515. The van der Waals surface area contributed by atoms with Gasteiger partial charge in [0.05, 0.1) is 0 Å². The Balaban J connectivity index is 1.11. The zero-order valence-electron chi connectivity index (χ0n) is 32.7. The first-order valence-electron chi connectivity index (χ1n) is 20.1. The van der Waals surface area contributed by atoms with Crippen molar-refractivity contribution in [3.05, 3.63) is 242 Å². The summed E-state index contributed by atoms with van der Waals surface area (Å²) in [5.41, 5.74) is 16.4. The van der Waals surface area contributed by atoms with Gasteiger partial charge in [-0.15, -0.1) is 0 Å². The van der Waals surface area contributed by atoms with Gasteiger partial charge in [0.25, 0.3) is 0 Å². The monoisotopic (exact) mass is 769 g/mol. The van der Waals surface area contributed by atoms with Crippen LogP contribution >= 0.6 is 0 Å². The fourth-order valence-corrected chi connectivity index (χ4v) is 7.78. The highest BCUT2D eigenvalue weighted by Crippen LogP contribution is 2.36. The molecule has 284 valence electrons. The summed E-state index contributed by atoms with van der Waals surface area (Å²) in [5, 5.41) is 3.68. The summed E-state index contributed by atoms with van der Waals surface area (Å²) in [6, 6.07) is 70.5. The summed E-state index contributed by atoms with van der Waals surface area (Å²) in [5.74, 6) is 1.53. The van der Waals surface area contributed by atoms with Crippen molar-refractivity contribution in [3.8, 4) is 66.8 Å². The Bertz CT molecular complexity index is 2950. The van der Waals surface area contributed by atoms with E-state index in [9.17, 15) is 0 Å². The van der Waals surface area contributed by atoms with Crippen LogP contribution < -0.4 is 5.32 Å². The van der Waals surface area contributed by atoms with E-state index in [0.29, 0.717) is 0 Å². The lowest BCUT2D eigenvalue weighted by atomic mass is 9.93. The molecular formula is C55H39N5. The number of nitrogens with one attached hydrogen (secondary N) is 1. The first-order chi connectivity index (χ1) is 29.7.